The van der Waals surface area contributed by atoms with Gasteiger partial charge in [0.15, 0.2) is 5.96 Å². The number of nitrogens with two attached hydrogens (primary N) is 3. The third-order valence-electron chi connectivity index (χ3n) is 6.09. The van der Waals surface area contributed by atoms with Crippen molar-refractivity contribution in [3.8, 4) is 0 Å². The topological polar surface area (TPSA) is 288 Å². The van der Waals surface area contributed by atoms with Gasteiger partial charge in [0.1, 0.15) is 18.1 Å². The highest BCUT2D eigenvalue weighted by atomic mass is 16.4. The maximum atomic E-state index is 13.2. The van der Waals surface area contributed by atoms with E-state index >= 15 is 0 Å². The van der Waals surface area contributed by atoms with Gasteiger partial charge in [0.05, 0.1) is 18.6 Å². The summed E-state index contributed by atoms with van der Waals surface area (Å²) in [7, 11) is 0. The number of para-hydroxylation sites is 1. The highest BCUT2D eigenvalue weighted by Crippen LogP contribution is 2.19. The first-order valence-electron chi connectivity index (χ1n) is 12.7. The van der Waals surface area contributed by atoms with Crippen molar-refractivity contribution in [2.24, 2.45) is 22.2 Å². The lowest BCUT2D eigenvalue weighted by Gasteiger charge is -2.26. The number of carbonyl (C=O) groups excluding carboxylic acids is 3. The van der Waals surface area contributed by atoms with Crippen LogP contribution in [-0.2, 0) is 30.4 Å². The van der Waals surface area contributed by atoms with Gasteiger partial charge in [-0.05, 0) is 37.8 Å². The van der Waals surface area contributed by atoms with Crippen molar-refractivity contribution in [2.75, 3.05) is 6.54 Å². The number of nitrogens with one attached hydrogen (secondary N) is 4. The zero-order valence-electron chi connectivity index (χ0n) is 22.4. The molecule has 0 fully saturated rings. The summed E-state index contributed by atoms with van der Waals surface area (Å²) in [5.74, 6) is -5.95. The van der Waals surface area contributed by atoms with E-state index in [4.69, 9.17) is 22.3 Å². The summed E-state index contributed by atoms with van der Waals surface area (Å²) in [6, 6.07) is 1.67. The predicted molar refractivity (Wildman–Crippen MR) is 147 cm³/mol. The van der Waals surface area contributed by atoms with Crippen LogP contribution in [-0.4, -0.2) is 92.7 Å². The van der Waals surface area contributed by atoms with Crippen LogP contribution in [0.1, 0.15) is 31.7 Å². The first-order chi connectivity index (χ1) is 19.3. The lowest BCUT2D eigenvalue weighted by Crippen LogP contribution is -2.60. The summed E-state index contributed by atoms with van der Waals surface area (Å²) in [6.45, 7) is 1.29. The summed E-state index contributed by atoms with van der Waals surface area (Å²) < 4.78 is 0. The first-order valence-corrected chi connectivity index (χ1v) is 12.7. The number of aliphatic imine (C=N–C) groups is 1. The number of aromatic amines is 1. The van der Waals surface area contributed by atoms with Gasteiger partial charge in [0.2, 0.25) is 17.7 Å². The monoisotopic (exact) mass is 576 g/mol. The van der Waals surface area contributed by atoms with Gasteiger partial charge in [-0.2, -0.15) is 0 Å². The SMILES string of the molecule is CC(O)C(NC(=O)C(CCCN=C(N)N)NC(=O)C(N)Cc1c[nH]c2ccccc12)C(=O)NC(CC(=O)O)C(=O)O. The highest BCUT2D eigenvalue weighted by Gasteiger charge is 2.33. The minimum absolute atomic E-state index is 0.0130. The molecule has 16 heteroatoms. The smallest absolute Gasteiger partial charge is 0.326 e. The molecule has 5 unspecified atom stereocenters. The van der Waals surface area contributed by atoms with Crippen LogP contribution in [0, 0.1) is 0 Å². The van der Waals surface area contributed by atoms with E-state index in [1.807, 2.05) is 29.6 Å². The Labute approximate surface area is 234 Å². The number of guanidine groups is 1. The molecule has 13 N–H and O–H groups in total. The number of aliphatic hydroxyl groups is 1. The molecule has 0 aliphatic heterocycles. The molecule has 0 saturated heterocycles. The molecule has 0 spiro atoms. The predicted octanol–water partition coefficient (Wildman–Crippen LogP) is -2.51. The number of carboxylic acid groups (broad SMARTS) is 2. The molecule has 0 aliphatic carbocycles. The Morgan fingerprint density at radius 2 is 1.63 bits per heavy atom. The Morgan fingerprint density at radius 3 is 2.24 bits per heavy atom. The van der Waals surface area contributed by atoms with Crippen molar-refractivity contribution in [1.82, 2.24) is 20.9 Å². The number of aliphatic carboxylic acids is 2. The van der Waals surface area contributed by atoms with Crippen LogP contribution in [0.25, 0.3) is 10.9 Å². The molecule has 1 aromatic carbocycles. The Morgan fingerprint density at radius 1 is 0.976 bits per heavy atom. The summed E-state index contributed by atoms with van der Waals surface area (Å²) >= 11 is 0. The Kier molecular flexibility index (Phi) is 12.0. The van der Waals surface area contributed by atoms with Gasteiger partial charge in [-0.15, -0.1) is 0 Å². The van der Waals surface area contributed by atoms with Gasteiger partial charge in [-0.25, -0.2) is 4.79 Å². The number of hydrogen-bond donors (Lipinski definition) is 10. The standard InChI is InChI=1S/C25H36N8O8/c1-12(34)20(23(39)32-18(24(40)41)10-19(35)36)33-22(38)17(7-4-8-29-25(27)28)31-21(37)15(26)9-13-11-30-16-6-3-2-5-14(13)16/h2-3,5-6,11-12,15,17-18,20,30,34H,4,7-10,26H2,1H3,(H,31,37)(H,32,39)(H,33,38)(H,35,36)(H,40,41)(H4,27,28,29). The Hall–Kier alpha value is -4.70. The normalized spacial score (nSPS) is 14.6. The fourth-order valence-electron chi connectivity index (χ4n) is 3.98. The van der Waals surface area contributed by atoms with Crippen LogP contribution in [0.15, 0.2) is 35.5 Å². The van der Waals surface area contributed by atoms with E-state index < -0.39 is 66.4 Å². The van der Waals surface area contributed by atoms with E-state index in [2.05, 4.69) is 20.6 Å². The average Bonchev–Trinajstić information content (AvgIpc) is 3.30. The number of carbonyl (C=O) groups is 5. The van der Waals surface area contributed by atoms with Gasteiger partial charge in [-0.1, -0.05) is 18.2 Å². The highest BCUT2D eigenvalue weighted by molar-refractivity contribution is 5.95. The van der Waals surface area contributed by atoms with E-state index in [1.165, 1.54) is 6.92 Å². The molecule has 41 heavy (non-hydrogen) atoms. The molecule has 16 nitrogen and oxygen atoms in total. The lowest BCUT2D eigenvalue weighted by atomic mass is 10.0. The molecule has 0 saturated carbocycles. The Bertz CT molecular complexity index is 1270. The number of carboxylic acids is 2. The zero-order valence-corrected chi connectivity index (χ0v) is 22.4. The number of aliphatic hydroxyl groups excluding tert-OH is 1. The van der Waals surface area contributed by atoms with Gasteiger partial charge in [0.25, 0.3) is 0 Å². The maximum Gasteiger partial charge on any atom is 0.326 e. The zero-order chi connectivity index (χ0) is 30.7. The van der Waals surface area contributed by atoms with Crippen LogP contribution >= 0.6 is 0 Å². The number of hydrogen-bond acceptors (Lipinski definition) is 8. The molecule has 1 heterocycles. The summed E-state index contributed by atoms with van der Waals surface area (Å²) in [5, 5.41) is 35.9. The van der Waals surface area contributed by atoms with Crippen molar-refractivity contribution in [2.45, 2.75) is 62.9 Å². The van der Waals surface area contributed by atoms with Crippen molar-refractivity contribution in [3.05, 3.63) is 36.0 Å². The van der Waals surface area contributed by atoms with Crippen LogP contribution in [0.2, 0.25) is 0 Å². The maximum absolute atomic E-state index is 13.2. The second kappa shape index (κ2) is 15.2. The third kappa shape index (κ3) is 10.1. The number of aromatic nitrogens is 1. The van der Waals surface area contributed by atoms with Gasteiger partial charge in [-0.3, -0.25) is 24.2 Å². The minimum Gasteiger partial charge on any atom is -0.481 e. The van der Waals surface area contributed by atoms with Gasteiger partial charge < -0.3 is 53.5 Å². The number of fused-ring (bicyclic) bond motifs is 1. The van der Waals surface area contributed by atoms with E-state index in [-0.39, 0.29) is 31.8 Å². The molecule has 1 aromatic heterocycles. The van der Waals surface area contributed by atoms with Gasteiger partial charge in [0, 0.05) is 23.6 Å². The molecule has 2 aromatic rings. The molecule has 224 valence electrons. The quantitative estimate of drug-likeness (QED) is 0.0565. The molecule has 0 radical (unpaired) electrons. The molecule has 2 rings (SSSR count). The Balaban J connectivity index is 2.16. The van der Waals surface area contributed by atoms with E-state index in [1.54, 1.807) is 6.20 Å². The van der Waals surface area contributed by atoms with Crippen molar-refractivity contribution in [3.63, 3.8) is 0 Å². The fraction of sp³-hybridized carbons (Fsp3) is 0.440. The second-order valence-corrected chi connectivity index (χ2v) is 9.40. The summed E-state index contributed by atoms with van der Waals surface area (Å²) in [4.78, 5) is 68.1. The number of benzene rings is 1. The molecule has 0 aliphatic rings. The van der Waals surface area contributed by atoms with Crippen LogP contribution < -0.4 is 33.2 Å². The fourth-order valence-corrected chi connectivity index (χ4v) is 3.98. The van der Waals surface area contributed by atoms with E-state index in [0.29, 0.717) is 0 Å². The molecule has 5 atom stereocenters. The minimum atomic E-state index is -1.81. The van der Waals surface area contributed by atoms with Crippen molar-refractivity contribution in [1.29, 1.82) is 0 Å². The van der Waals surface area contributed by atoms with Gasteiger partial charge >= 0.3 is 11.9 Å². The molecular weight excluding hydrogens is 540 g/mol. The average molecular weight is 577 g/mol. The number of nitrogens with zero attached hydrogens (tertiary/aromatic N) is 1. The number of H-pyrrole nitrogens is 1. The molecule has 3 amide bonds. The number of rotatable bonds is 16. The van der Waals surface area contributed by atoms with Crippen LogP contribution in [0.3, 0.4) is 0 Å². The van der Waals surface area contributed by atoms with E-state index in [9.17, 15) is 34.2 Å². The lowest BCUT2D eigenvalue weighted by molar-refractivity contribution is -0.148. The number of amides is 3. The van der Waals surface area contributed by atoms with Crippen molar-refractivity contribution >= 4 is 46.5 Å². The summed E-state index contributed by atoms with van der Waals surface area (Å²) in [6.07, 6.45) is -0.313. The molecule has 0 bridgehead atoms. The largest absolute Gasteiger partial charge is 0.481 e. The van der Waals surface area contributed by atoms with Crippen molar-refractivity contribution < 1.29 is 39.3 Å². The van der Waals surface area contributed by atoms with Crippen LogP contribution in [0.4, 0.5) is 0 Å². The second-order valence-electron chi connectivity index (χ2n) is 9.40. The first kappa shape index (κ1) is 32.5. The van der Waals surface area contributed by atoms with Crippen LogP contribution in [0.5, 0.6) is 0 Å². The third-order valence-corrected chi connectivity index (χ3v) is 6.09. The van der Waals surface area contributed by atoms with E-state index in [0.717, 1.165) is 16.5 Å². The summed E-state index contributed by atoms with van der Waals surface area (Å²) in [5.41, 5.74) is 18.4. The molecular formula is C25H36N8O8.